The molecule has 5 nitrogen and oxygen atoms in total. The lowest BCUT2D eigenvalue weighted by atomic mass is 10.1. The van der Waals surface area contributed by atoms with Crippen molar-refractivity contribution < 1.29 is 8.95 Å². The molecule has 6 heteroatoms. The molecule has 0 spiro atoms. The van der Waals surface area contributed by atoms with Crippen molar-refractivity contribution >= 4 is 27.4 Å². The van der Waals surface area contributed by atoms with Gasteiger partial charge in [-0.1, -0.05) is 6.07 Å². The molecule has 0 heterocycles. The first kappa shape index (κ1) is 20.0. The molecule has 2 aromatic rings. The van der Waals surface area contributed by atoms with Crippen molar-refractivity contribution in [1.29, 1.82) is 0 Å². The lowest BCUT2D eigenvalue weighted by molar-refractivity contribution is 0.413. The van der Waals surface area contributed by atoms with E-state index in [1.54, 1.807) is 19.4 Å². The van der Waals surface area contributed by atoms with Gasteiger partial charge < -0.3 is 9.64 Å². The molecule has 0 radical (unpaired) electrons. The lowest BCUT2D eigenvalue weighted by Crippen LogP contribution is -2.14. The van der Waals surface area contributed by atoms with Crippen LogP contribution in [0.15, 0.2) is 50.6 Å². The van der Waals surface area contributed by atoms with Crippen LogP contribution in [0.25, 0.3) is 0 Å². The average molecular weight is 374 g/mol. The number of aryl methyl sites for hydroxylation is 2. The Kier molecular flexibility index (Phi) is 6.42. The fourth-order valence-electron chi connectivity index (χ4n) is 2.34. The van der Waals surface area contributed by atoms with Gasteiger partial charge in [-0.05, 0) is 62.2 Å². The molecule has 0 bridgehead atoms. The zero-order valence-electron chi connectivity index (χ0n) is 16.3. The SMILES string of the molecule is CCN(C)C=Nc1cc(C)c(N=S(C)(=O)c2cccc(OC)c2)cc1C. The molecule has 0 aliphatic carbocycles. The predicted molar refractivity (Wildman–Crippen MR) is 110 cm³/mol. The van der Waals surface area contributed by atoms with Crippen LogP contribution in [0.4, 0.5) is 11.4 Å². The van der Waals surface area contributed by atoms with Crippen LogP contribution in [0.5, 0.6) is 5.75 Å². The number of hydrogen-bond acceptors (Lipinski definition) is 4. The van der Waals surface area contributed by atoms with Gasteiger partial charge in [-0.25, -0.2) is 9.20 Å². The summed E-state index contributed by atoms with van der Waals surface area (Å²) in [7, 11) is 0.996. The zero-order valence-corrected chi connectivity index (χ0v) is 17.1. The summed E-state index contributed by atoms with van der Waals surface area (Å²) < 4.78 is 23.0. The Balaban J connectivity index is 2.45. The van der Waals surface area contributed by atoms with Crippen molar-refractivity contribution in [2.45, 2.75) is 25.7 Å². The zero-order chi connectivity index (χ0) is 19.3. The third-order valence-corrected chi connectivity index (χ3v) is 5.83. The van der Waals surface area contributed by atoms with Gasteiger partial charge >= 0.3 is 0 Å². The van der Waals surface area contributed by atoms with Crippen molar-refractivity contribution in [2.75, 3.05) is 27.0 Å². The molecular weight excluding hydrogens is 346 g/mol. The Hall–Kier alpha value is -2.34. The summed E-state index contributed by atoms with van der Waals surface area (Å²) in [5.41, 5.74) is 3.56. The maximum atomic E-state index is 13.2. The van der Waals surface area contributed by atoms with Crippen LogP contribution in [0.3, 0.4) is 0 Å². The van der Waals surface area contributed by atoms with E-state index in [1.165, 1.54) is 0 Å². The van der Waals surface area contributed by atoms with Gasteiger partial charge in [0.15, 0.2) is 0 Å². The Bertz CT molecular complexity index is 929. The van der Waals surface area contributed by atoms with E-state index in [2.05, 4.69) is 16.3 Å². The normalized spacial score (nSPS) is 13.5. The number of hydrogen-bond donors (Lipinski definition) is 0. The molecule has 26 heavy (non-hydrogen) atoms. The highest BCUT2D eigenvalue weighted by atomic mass is 32.2. The summed E-state index contributed by atoms with van der Waals surface area (Å²) in [5, 5.41) is 0. The second kappa shape index (κ2) is 8.36. The van der Waals surface area contributed by atoms with E-state index < -0.39 is 9.73 Å². The molecule has 0 amide bonds. The first-order valence-electron chi connectivity index (χ1n) is 8.48. The predicted octanol–water partition coefficient (Wildman–Crippen LogP) is 4.71. The van der Waals surface area contributed by atoms with E-state index in [0.29, 0.717) is 10.6 Å². The Morgan fingerprint density at radius 1 is 1.15 bits per heavy atom. The first-order valence-corrected chi connectivity index (χ1v) is 10.4. The monoisotopic (exact) mass is 373 g/mol. The molecule has 0 saturated heterocycles. The summed E-state index contributed by atoms with van der Waals surface area (Å²) in [6, 6.07) is 11.2. The third-order valence-electron chi connectivity index (χ3n) is 4.16. The number of nitrogens with zero attached hydrogens (tertiary/aromatic N) is 3. The summed E-state index contributed by atoms with van der Waals surface area (Å²) in [5.74, 6) is 0.671. The lowest BCUT2D eigenvalue weighted by Gasteiger charge is -2.11. The minimum absolute atomic E-state index is 0.653. The fraction of sp³-hybridized carbons (Fsp3) is 0.350. The van der Waals surface area contributed by atoms with E-state index in [9.17, 15) is 4.21 Å². The van der Waals surface area contributed by atoms with Crippen LogP contribution in [-0.2, 0) is 9.73 Å². The van der Waals surface area contributed by atoms with Crippen molar-refractivity contribution in [3.63, 3.8) is 0 Å². The molecule has 0 N–H and O–H groups in total. The van der Waals surface area contributed by atoms with Crippen molar-refractivity contribution in [3.05, 3.63) is 47.5 Å². The molecule has 0 aliphatic rings. The smallest absolute Gasteiger partial charge is 0.120 e. The van der Waals surface area contributed by atoms with Crippen molar-refractivity contribution in [2.24, 2.45) is 9.36 Å². The number of ether oxygens (including phenoxy) is 1. The molecule has 1 unspecified atom stereocenters. The van der Waals surface area contributed by atoms with E-state index in [0.717, 1.165) is 29.0 Å². The number of aliphatic imine (C=N–C) groups is 1. The summed E-state index contributed by atoms with van der Waals surface area (Å²) in [4.78, 5) is 7.19. The second-order valence-corrected chi connectivity index (χ2v) is 8.57. The standard InChI is InChI=1S/C20H27N3O2S/c1-7-23(4)14-21-19-11-16(3)20(12-15(19)2)22-26(6,24)18-10-8-9-17(13-18)25-5/h8-14H,7H2,1-6H3. The highest BCUT2D eigenvalue weighted by Gasteiger charge is 2.10. The highest BCUT2D eigenvalue weighted by Crippen LogP contribution is 2.31. The number of methoxy groups -OCH3 is 1. The summed E-state index contributed by atoms with van der Waals surface area (Å²) >= 11 is 0. The molecule has 0 saturated carbocycles. The molecule has 1 atom stereocenters. The van der Waals surface area contributed by atoms with Crippen LogP contribution < -0.4 is 4.74 Å². The minimum Gasteiger partial charge on any atom is -0.497 e. The molecule has 140 valence electrons. The van der Waals surface area contributed by atoms with Crippen LogP contribution in [0.1, 0.15) is 18.1 Å². The number of rotatable bonds is 6. The van der Waals surface area contributed by atoms with Crippen LogP contribution in [-0.4, -0.2) is 42.4 Å². The van der Waals surface area contributed by atoms with Gasteiger partial charge in [-0.2, -0.15) is 4.36 Å². The van der Waals surface area contributed by atoms with Gasteiger partial charge in [0.1, 0.15) is 5.75 Å². The van der Waals surface area contributed by atoms with Gasteiger partial charge in [-0.15, -0.1) is 0 Å². The second-order valence-electron chi connectivity index (χ2n) is 6.32. The first-order chi connectivity index (χ1) is 12.3. The molecule has 0 fully saturated rings. The van der Waals surface area contributed by atoms with Crippen LogP contribution in [0.2, 0.25) is 0 Å². The highest BCUT2D eigenvalue weighted by molar-refractivity contribution is 7.93. The van der Waals surface area contributed by atoms with E-state index in [-0.39, 0.29) is 0 Å². The Morgan fingerprint density at radius 2 is 1.81 bits per heavy atom. The quantitative estimate of drug-likeness (QED) is 0.544. The molecule has 2 aromatic carbocycles. The van der Waals surface area contributed by atoms with Gasteiger partial charge in [0, 0.05) is 19.8 Å². The van der Waals surface area contributed by atoms with Crippen molar-refractivity contribution in [3.8, 4) is 5.75 Å². The van der Waals surface area contributed by atoms with E-state index in [4.69, 9.17) is 4.74 Å². The topological polar surface area (TPSA) is 54.3 Å². The van der Waals surface area contributed by atoms with Crippen molar-refractivity contribution in [1.82, 2.24) is 4.90 Å². The fourth-order valence-corrected chi connectivity index (χ4v) is 3.69. The minimum atomic E-state index is -2.58. The maximum absolute atomic E-state index is 13.2. The molecule has 2 rings (SSSR count). The third kappa shape index (κ3) is 4.85. The number of benzene rings is 2. The molecule has 0 aromatic heterocycles. The Morgan fingerprint density at radius 3 is 2.46 bits per heavy atom. The molecular formula is C20H27N3O2S. The van der Waals surface area contributed by atoms with Gasteiger partial charge in [0.05, 0.1) is 39.4 Å². The maximum Gasteiger partial charge on any atom is 0.120 e. The average Bonchev–Trinajstić information content (AvgIpc) is 2.62. The van der Waals surface area contributed by atoms with Crippen LogP contribution in [0, 0.1) is 13.8 Å². The van der Waals surface area contributed by atoms with Gasteiger partial charge in [0.2, 0.25) is 0 Å². The van der Waals surface area contributed by atoms with Gasteiger partial charge in [0.25, 0.3) is 0 Å². The largest absolute Gasteiger partial charge is 0.497 e. The summed E-state index contributed by atoms with van der Waals surface area (Å²) in [6.07, 6.45) is 3.47. The summed E-state index contributed by atoms with van der Waals surface area (Å²) in [6.45, 7) is 6.91. The van der Waals surface area contributed by atoms with Crippen LogP contribution >= 0.6 is 0 Å². The Labute approximate surface area is 156 Å². The van der Waals surface area contributed by atoms with E-state index >= 15 is 0 Å². The van der Waals surface area contributed by atoms with E-state index in [1.807, 2.05) is 62.5 Å². The van der Waals surface area contributed by atoms with Gasteiger partial charge in [-0.3, -0.25) is 0 Å². The molecule has 0 aliphatic heterocycles.